The van der Waals surface area contributed by atoms with E-state index in [-0.39, 0.29) is 5.56 Å². The highest BCUT2D eigenvalue weighted by molar-refractivity contribution is 5.80. The largest absolute Gasteiger partial charge is 0.306 e. The zero-order valence-corrected chi connectivity index (χ0v) is 12.6. The van der Waals surface area contributed by atoms with Crippen LogP contribution in [0, 0.1) is 0 Å². The number of fused-ring (bicyclic) bond motifs is 1. The molecule has 0 aliphatic rings. The lowest BCUT2D eigenvalue weighted by molar-refractivity contribution is 1.18. The Bertz CT molecular complexity index is 963. The summed E-state index contributed by atoms with van der Waals surface area (Å²) in [7, 11) is 0. The van der Waals surface area contributed by atoms with Crippen LogP contribution in [-0.4, -0.2) is 9.97 Å². The van der Waals surface area contributed by atoms with Gasteiger partial charge in [0.05, 0.1) is 10.9 Å². The summed E-state index contributed by atoms with van der Waals surface area (Å²) >= 11 is 0. The third-order valence-corrected chi connectivity index (χ3v) is 3.62. The van der Waals surface area contributed by atoms with Gasteiger partial charge < -0.3 is 4.98 Å². The molecule has 3 nitrogen and oxygen atoms in total. The number of hydrogen-bond acceptors (Lipinski definition) is 2. The summed E-state index contributed by atoms with van der Waals surface area (Å²) in [5.41, 5.74) is 3.44. The van der Waals surface area contributed by atoms with Gasteiger partial charge in [-0.15, -0.1) is 0 Å². The summed E-state index contributed by atoms with van der Waals surface area (Å²) in [4.78, 5) is 19.5. The quantitative estimate of drug-likeness (QED) is 0.728. The fourth-order valence-electron chi connectivity index (χ4n) is 2.45. The van der Waals surface area contributed by atoms with Crippen molar-refractivity contribution in [3.05, 3.63) is 95.8 Å². The van der Waals surface area contributed by atoms with Crippen molar-refractivity contribution in [3.63, 3.8) is 0 Å². The number of aromatic amines is 1. The number of rotatable bonds is 4. The molecule has 1 aromatic heterocycles. The molecule has 0 bridgehead atoms. The molecule has 1 heterocycles. The van der Waals surface area contributed by atoms with E-state index in [9.17, 15) is 4.79 Å². The molecule has 3 aromatic rings. The predicted molar refractivity (Wildman–Crippen MR) is 96.2 cm³/mol. The van der Waals surface area contributed by atoms with Crippen LogP contribution in [0.3, 0.4) is 0 Å². The maximum atomic E-state index is 12.2. The van der Waals surface area contributed by atoms with Crippen LogP contribution in [0.25, 0.3) is 27.9 Å². The lowest BCUT2D eigenvalue weighted by Crippen LogP contribution is -2.09. The molecule has 0 atom stereocenters. The summed E-state index contributed by atoms with van der Waals surface area (Å²) in [6.07, 6.45) is 5.41. The van der Waals surface area contributed by atoms with Crippen LogP contribution in [0.15, 0.2) is 84.7 Å². The summed E-state index contributed by atoms with van der Waals surface area (Å²) in [5.74, 6) is 0.563. The molecule has 0 saturated carbocycles. The molecule has 0 aliphatic heterocycles. The molecule has 0 fully saturated rings. The Labute approximate surface area is 134 Å². The SMILES string of the molecule is C=C/C=C(\C=C)c1ccc(-c2nc3ccccc3c(=O)[nH]2)cc1. The third kappa shape index (κ3) is 2.90. The van der Waals surface area contributed by atoms with Gasteiger partial charge in [-0.1, -0.05) is 67.8 Å². The van der Waals surface area contributed by atoms with E-state index in [2.05, 4.69) is 23.1 Å². The second-order valence-corrected chi connectivity index (χ2v) is 5.07. The van der Waals surface area contributed by atoms with Crippen LogP contribution in [0.4, 0.5) is 0 Å². The smallest absolute Gasteiger partial charge is 0.259 e. The highest BCUT2D eigenvalue weighted by Crippen LogP contribution is 2.21. The van der Waals surface area contributed by atoms with Crippen LogP contribution < -0.4 is 5.56 Å². The fraction of sp³-hybridized carbons (Fsp3) is 0. The standard InChI is InChI=1S/C20H16N2O/c1-3-7-14(4-2)15-10-12-16(13-11-15)19-21-18-9-6-5-8-17(18)20(23)22-19/h3-13H,1-2H2,(H,21,22,23)/b14-7+. The molecule has 3 heteroatoms. The lowest BCUT2D eigenvalue weighted by atomic mass is 10.0. The molecule has 3 rings (SSSR count). The van der Waals surface area contributed by atoms with Crippen molar-refractivity contribution < 1.29 is 0 Å². The summed E-state index contributed by atoms with van der Waals surface area (Å²) in [6, 6.07) is 15.1. The van der Waals surface area contributed by atoms with E-state index >= 15 is 0 Å². The normalized spacial score (nSPS) is 11.4. The van der Waals surface area contributed by atoms with E-state index in [1.54, 1.807) is 18.2 Å². The van der Waals surface area contributed by atoms with Crippen molar-refractivity contribution in [2.24, 2.45) is 0 Å². The van der Waals surface area contributed by atoms with Crippen molar-refractivity contribution >= 4 is 16.5 Å². The molecule has 0 unspecified atom stereocenters. The summed E-state index contributed by atoms with van der Waals surface area (Å²) in [5, 5.41) is 0.593. The molecule has 0 saturated heterocycles. The third-order valence-electron chi connectivity index (χ3n) is 3.62. The summed E-state index contributed by atoms with van der Waals surface area (Å²) in [6.45, 7) is 7.51. The van der Waals surface area contributed by atoms with Gasteiger partial charge in [0.25, 0.3) is 5.56 Å². The van der Waals surface area contributed by atoms with Crippen molar-refractivity contribution in [2.45, 2.75) is 0 Å². The minimum absolute atomic E-state index is 0.131. The van der Waals surface area contributed by atoms with Crippen LogP contribution in [0.5, 0.6) is 0 Å². The van der Waals surface area contributed by atoms with Gasteiger partial charge in [-0.2, -0.15) is 0 Å². The Morgan fingerprint density at radius 1 is 1.04 bits per heavy atom. The van der Waals surface area contributed by atoms with E-state index in [4.69, 9.17) is 0 Å². The Morgan fingerprint density at radius 2 is 1.78 bits per heavy atom. The first-order valence-corrected chi connectivity index (χ1v) is 7.28. The van der Waals surface area contributed by atoms with Crippen molar-refractivity contribution in [2.75, 3.05) is 0 Å². The highest BCUT2D eigenvalue weighted by Gasteiger charge is 2.06. The number of allylic oxidation sites excluding steroid dienone is 4. The topological polar surface area (TPSA) is 45.8 Å². The fourth-order valence-corrected chi connectivity index (χ4v) is 2.45. The zero-order chi connectivity index (χ0) is 16.2. The van der Waals surface area contributed by atoms with Gasteiger partial charge in [-0.3, -0.25) is 4.79 Å². The number of H-pyrrole nitrogens is 1. The minimum atomic E-state index is -0.131. The highest BCUT2D eigenvalue weighted by atomic mass is 16.1. The van der Waals surface area contributed by atoms with E-state index < -0.39 is 0 Å². The van der Waals surface area contributed by atoms with Gasteiger partial charge in [-0.25, -0.2) is 4.98 Å². The molecule has 0 aliphatic carbocycles. The van der Waals surface area contributed by atoms with Gasteiger partial charge in [0.15, 0.2) is 0 Å². The molecule has 2 aromatic carbocycles. The van der Waals surface area contributed by atoms with Gasteiger partial charge in [0.2, 0.25) is 0 Å². The first kappa shape index (κ1) is 14.7. The molecule has 0 amide bonds. The van der Waals surface area contributed by atoms with E-state index in [1.165, 1.54) is 0 Å². The van der Waals surface area contributed by atoms with E-state index in [0.29, 0.717) is 16.7 Å². The number of para-hydroxylation sites is 1. The van der Waals surface area contributed by atoms with E-state index in [1.807, 2.05) is 48.5 Å². The first-order valence-electron chi connectivity index (χ1n) is 7.28. The molecule has 112 valence electrons. The maximum absolute atomic E-state index is 12.2. The number of aromatic nitrogens is 2. The second kappa shape index (κ2) is 6.28. The van der Waals surface area contributed by atoms with Crippen LogP contribution >= 0.6 is 0 Å². The van der Waals surface area contributed by atoms with Crippen molar-refractivity contribution in [1.82, 2.24) is 9.97 Å². The van der Waals surface area contributed by atoms with Crippen molar-refractivity contribution in [1.29, 1.82) is 0 Å². The Morgan fingerprint density at radius 3 is 2.48 bits per heavy atom. The number of benzene rings is 2. The van der Waals surface area contributed by atoms with Gasteiger partial charge in [-0.05, 0) is 23.3 Å². The molecule has 0 radical (unpaired) electrons. The molecular formula is C20H16N2O. The lowest BCUT2D eigenvalue weighted by Gasteiger charge is -2.06. The minimum Gasteiger partial charge on any atom is -0.306 e. The number of hydrogen-bond donors (Lipinski definition) is 1. The molecule has 0 spiro atoms. The van der Waals surface area contributed by atoms with Gasteiger partial charge >= 0.3 is 0 Å². The monoisotopic (exact) mass is 300 g/mol. The van der Waals surface area contributed by atoms with Gasteiger partial charge in [0, 0.05) is 5.56 Å². The second-order valence-electron chi connectivity index (χ2n) is 5.07. The number of nitrogens with zero attached hydrogens (tertiary/aromatic N) is 1. The Balaban J connectivity index is 2.06. The summed E-state index contributed by atoms with van der Waals surface area (Å²) < 4.78 is 0. The van der Waals surface area contributed by atoms with Crippen LogP contribution in [-0.2, 0) is 0 Å². The average Bonchev–Trinajstić information content (AvgIpc) is 2.60. The van der Waals surface area contributed by atoms with E-state index in [0.717, 1.165) is 16.7 Å². The maximum Gasteiger partial charge on any atom is 0.259 e. The number of nitrogens with one attached hydrogen (secondary N) is 1. The molecular weight excluding hydrogens is 284 g/mol. The van der Waals surface area contributed by atoms with Gasteiger partial charge in [0.1, 0.15) is 5.82 Å². The Kier molecular flexibility index (Phi) is 4.02. The van der Waals surface area contributed by atoms with Crippen molar-refractivity contribution in [3.8, 4) is 11.4 Å². The Hall–Kier alpha value is -3.20. The molecule has 23 heavy (non-hydrogen) atoms. The zero-order valence-electron chi connectivity index (χ0n) is 12.6. The predicted octanol–water partition coefficient (Wildman–Crippen LogP) is 4.35. The molecule has 1 N–H and O–H groups in total. The van der Waals surface area contributed by atoms with Crippen LogP contribution in [0.1, 0.15) is 5.56 Å². The first-order chi connectivity index (χ1) is 11.2. The van der Waals surface area contributed by atoms with Crippen LogP contribution in [0.2, 0.25) is 0 Å². The average molecular weight is 300 g/mol.